The van der Waals surface area contributed by atoms with Crippen molar-refractivity contribution in [3.05, 3.63) is 6.42 Å². The van der Waals surface area contributed by atoms with Crippen LogP contribution in [0.25, 0.3) is 0 Å². The zero-order valence-electron chi connectivity index (χ0n) is 5.46. The molecule has 0 aliphatic rings. The molecule has 0 spiro atoms. The molecule has 1 radical (unpaired) electrons. The van der Waals surface area contributed by atoms with Crippen molar-refractivity contribution >= 4 is 12.3 Å². The van der Waals surface area contributed by atoms with E-state index in [1.54, 1.807) is 6.92 Å². The van der Waals surface area contributed by atoms with E-state index in [-0.39, 0.29) is 5.92 Å². The van der Waals surface area contributed by atoms with Crippen LogP contribution in [0.15, 0.2) is 0 Å². The van der Waals surface area contributed by atoms with E-state index in [0.29, 0.717) is 6.29 Å². The predicted molar refractivity (Wildman–Crippen MR) is 31.5 cm³/mol. The van der Waals surface area contributed by atoms with Crippen molar-refractivity contribution in [2.45, 2.75) is 6.92 Å². The van der Waals surface area contributed by atoms with Gasteiger partial charge in [0.25, 0.3) is 0 Å². The number of methoxy groups -OCH3 is 1. The monoisotopic (exact) mass is 129 g/mol. The molecule has 51 valence electrons. The van der Waals surface area contributed by atoms with Crippen LogP contribution in [0, 0.1) is 12.3 Å². The summed E-state index contributed by atoms with van der Waals surface area (Å²) in [6, 6.07) is 0. The Morgan fingerprint density at radius 1 is 1.67 bits per heavy atom. The van der Waals surface area contributed by atoms with Crippen molar-refractivity contribution < 1.29 is 14.3 Å². The first-order chi connectivity index (χ1) is 4.20. The molecule has 0 N–H and O–H groups in total. The van der Waals surface area contributed by atoms with Crippen molar-refractivity contribution in [3.63, 3.8) is 0 Å². The zero-order chi connectivity index (χ0) is 7.28. The van der Waals surface area contributed by atoms with Crippen molar-refractivity contribution in [2.24, 2.45) is 5.92 Å². The predicted octanol–water partition coefficient (Wildman–Crippen LogP) is 0.199. The molecule has 1 atom stereocenters. The minimum Gasteiger partial charge on any atom is -0.469 e. The lowest BCUT2D eigenvalue weighted by molar-refractivity contribution is -0.137. The average Bonchev–Trinajstić information content (AvgIpc) is 1.87. The van der Waals surface area contributed by atoms with Gasteiger partial charge in [0.1, 0.15) is 6.29 Å². The third-order valence-electron chi connectivity index (χ3n) is 0.815. The van der Waals surface area contributed by atoms with E-state index < -0.39 is 5.97 Å². The molecule has 0 rings (SSSR count). The van der Waals surface area contributed by atoms with Gasteiger partial charge < -0.3 is 9.53 Å². The van der Waals surface area contributed by atoms with E-state index in [4.69, 9.17) is 0 Å². The fourth-order valence-electron chi connectivity index (χ4n) is 0.322. The topological polar surface area (TPSA) is 43.4 Å². The molecule has 0 saturated heterocycles. The summed E-state index contributed by atoms with van der Waals surface area (Å²) in [5.41, 5.74) is 0. The normalized spacial score (nSPS) is 12.2. The first kappa shape index (κ1) is 8.14. The molecule has 3 nitrogen and oxygen atoms in total. The van der Waals surface area contributed by atoms with Gasteiger partial charge in [-0.25, -0.2) is 0 Å². The Balaban J connectivity index is 3.46. The van der Waals surface area contributed by atoms with E-state index >= 15 is 0 Å². The van der Waals surface area contributed by atoms with Crippen LogP contribution in [0.4, 0.5) is 0 Å². The number of carbonyl (C=O) groups is 2. The molecule has 0 bridgehead atoms. The lowest BCUT2D eigenvalue weighted by Gasteiger charge is -1.98. The maximum absolute atomic E-state index is 10.3. The number of hydrogen-bond donors (Lipinski definition) is 0. The summed E-state index contributed by atoms with van der Waals surface area (Å²) in [7, 11) is 1.27. The SMILES string of the molecule is COC(=O)[CH]C(C)C=O. The van der Waals surface area contributed by atoms with E-state index in [9.17, 15) is 9.59 Å². The molecule has 0 fully saturated rings. The summed E-state index contributed by atoms with van der Waals surface area (Å²) < 4.78 is 4.27. The van der Waals surface area contributed by atoms with Gasteiger partial charge in [0.15, 0.2) is 0 Å². The number of esters is 1. The number of aldehydes is 1. The molecule has 0 aromatic carbocycles. The van der Waals surface area contributed by atoms with Crippen molar-refractivity contribution in [1.29, 1.82) is 0 Å². The van der Waals surface area contributed by atoms with Crippen LogP contribution >= 0.6 is 0 Å². The number of ether oxygens (including phenoxy) is 1. The van der Waals surface area contributed by atoms with Crippen molar-refractivity contribution in [1.82, 2.24) is 0 Å². The molecule has 0 amide bonds. The quantitative estimate of drug-likeness (QED) is 0.404. The Kier molecular flexibility index (Phi) is 3.67. The van der Waals surface area contributed by atoms with Gasteiger partial charge in [0.05, 0.1) is 13.5 Å². The number of hydrogen-bond acceptors (Lipinski definition) is 3. The Labute approximate surface area is 54.0 Å². The van der Waals surface area contributed by atoms with Crippen molar-refractivity contribution in [2.75, 3.05) is 7.11 Å². The maximum Gasteiger partial charge on any atom is 0.310 e. The Morgan fingerprint density at radius 2 is 2.22 bits per heavy atom. The van der Waals surface area contributed by atoms with Gasteiger partial charge in [0, 0.05) is 5.92 Å². The highest BCUT2D eigenvalue weighted by molar-refractivity contribution is 5.82. The van der Waals surface area contributed by atoms with Crippen LogP contribution in [0.1, 0.15) is 6.92 Å². The van der Waals surface area contributed by atoms with Gasteiger partial charge in [-0.1, -0.05) is 6.92 Å². The Hall–Kier alpha value is -0.860. The number of rotatable bonds is 3. The van der Waals surface area contributed by atoms with Gasteiger partial charge in [-0.05, 0) is 0 Å². The molecular weight excluding hydrogens is 120 g/mol. The lowest BCUT2D eigenvalue weighted by Crippen LogP contribution is -2.08. The summed E-state index contributed by atoms with van der Waals surface area (Å²) in [5.74, 6) is -0.813. The molecule has 0 aliphatic heterocycles. The van der Waals surface area contributed by atoms with Gasteiger partial charge >= 0.3 is 5.97 Å². The van der Waals surface area contributed by atoms with Crippen LogP contribution in [0.3, 0.4) is 0 Å². The Bertz CT molecular complexity index is 109. The summed E-state index contributed by atoms with van der Waals surface area (Å²) in [4.78, 5) is 20.3. The molecular formula is C6H9O3. The minimum atomic E-state index is -0.463. The summed E-state index contributed by atoms with van der Waals surface area (Å²) in [5, 5.41) is 0. The number of carbonyl (C=O) groups excluding carboxylic acids is 2. The second-order valence-electron chi connectivity index (χ2n) is 1.69. The van der Waals surface area contributed by atoms with Gasteiger partial charge in [0.2, 0.25) is 0 Å². The zero-order valence-corrected chi connectivity index (χ0v) is 5.46. The van der Waals surface area contributed by atoms with Crippen LogP contribution < -0.4 is 0 Å². The fourth-order valence-corrected chi connectivity index (χ4v) is 0.322. The first-order valence-corrected chi connectivity index (χ1v) is 2.58. The third-order valence-corrected chi connectivity index (χ3v) is 0.815. The van der Waals surface area contributed by atoms with E-state index in [1.807, 2.05) is 0 Å². The third kappa shape index (κ3) is 3.70. The molecule has 1 unspecified atom stereocenters. The highest BCUT2D eigenvalue weighted by Crippen LogP contribution is 1.95. The van der Waals surface area contributed by atoms with Crippen LogP contribution in [0.2, 0.25) is 0 Å². The summed E-state index contributed by atoms with van der Waals surface area (Å²) >= 11 is 0. The van der Waals surface area contributed by atoms with Crippen LogP contribution in [-0.4, -0.2) is 19.4 Å². The van der Waals surface area contributed by atoms with E-state index in [2.05, 4.69) is 4.74 Å². The summed E-state index contributed by atoms with van der Waals surface area (Å²) in [6.45, 7) is 1.62. The first-order valence-electron chi connectivity index (χ1n) is 2.58. The molecule has 0 aromatic heterocycles. The maximum atomic E-state index is 10.3. The minimum absolute atomic E-state index is 0.350. The molecule has 9 heavy (non-hydrogen) atoms. The molecule has 0 aromatic rings. The average molecular weight is 129 g/mol. The highest BCUT2D eigenvalue weighted by Gasteiger charge is 2.06. The standard InChI is InChI=1S/C6H9O3/c1-5(4-7)3-6(8)9-2/h3-5H,1-2H3. The van der Waals surface area contributed by atoms with Crippen molar-refractivity contribution in [3.8, 4) is 0 Å². The van der Waals surface area contributed by atoms with Crippen LogP contribution in [-0.2, 0) is 14.3 Å². The largest absolute Gasteiger partial charge is 0.469 e. The lowest BCUT2D eigenvalue weighted by atomic mass is 10.1. The van der Waals surface area contributed by atoms with E-state index in [1.165, 1.54) is 13.5 Å². The molecule has 0 saturated carbocycles. The highest BCUT2D eigenvalue weighted by atomic mass is 16.5. The molecule has 3 heteroatoms. The summed E-state index contributed by atoms with van der Waals surface area (Å²) in [6.07, 6.45) is 1.89. The van der Waals surface area contributed by atoms with Gasteiger partial charge in [-0.15, -0.1) is 0 Å². The second-order valence-corrected chi connectivity index (χ2v) is 1.69. The van der Waals surface area contributed by atoms with Gasteiger partial charge in [-0.2, -0.15) is 0 Å². The Morgan fingerprint density at radius 3 is 2.56 bits per heavy atom. The smallest absolute Gasteiger partial charge is 0.310 e. The second kappa shape index (κ2) is 4.06. The molecule has 0 heterocycles. The molecule has 0 aliphatic carbocycles. The van der Waals surface area contributed by atoms with E-state index in [0.717, 1.165) is 0 Å². The fraction of sp³-hybridized carbons (Fsp3) is 0.500. The van der Waals surface area contributed by atoms with Crippen LogP contribution in [0.5, 0.6) is 0 Å². The van der Waals surface area contributed by atoms with Gasteiger partial charge in [-0.3, -0.25) is 4.79 Å².